The number of aromatic carboxylic acids is 1. The molecule has 0 bridgehead atoms. The largest absolute Gasteiger partial charge is 0.475 e. The summed E-state index contributed by atoms with van der Waals surface area (Å²) in [6.45, 7) is 2.35. The normalized spacial score (nSPS) is 10.7. The SMILES string of the molecule is Cc1cc(NCc2ccc(C(=O)O)o2)c2ccccc2n1. The predicted octanol–water partition coefficient (Wildman–Crippen LogP) is 3.45. The monoisotopic (exact) mass is 282 g/mol. The van der Waals surface area contributed by atoms with Crippen LogP contribution in [0.25, 0.3) is 10.9 Å². The van der Waals surface area contributed by atoms with E-state index in [2.05, 4.69) is 10.3 Å². The number of anilines is 1. The molecule has 0 amide bonds. The second-order valence-electron chi connectivity index (χ2n) is 4.75. The van der Waals surface area contributed by atoms with E-state index in [0.29, 0.717) is 12.3 Å². The van der Waals surface area contributed by atoms with Gasteiger partial charge in [0.25, 0.3) is 0 Å². The highest BCUT2D eigenvalue weighted by atomic mass is 16.4. The molecule has 0 aliphatic carbocycles. The maximum Gasteiger partial charge on any atom is 0.371 e. The first-order valence-electron chi connectivity index (χ1n) is 6.56. The molecule has 0 aliphatic heterocycles. The summed E-state index contributed by atoms with van der Waals surface area (Å²) in [6.07, 6.45) is 0. The zero-order chi connectivity index (χ0) is 14.8. The minimum atomic E-state index is -1.06. The third-order valence-electron chi connectivity index (χ3n) is 3.17. The fourth-order valence-corrected chi connectivity index (χ4v) is 2.22. The molecule has 0 fully saturated rings. The molecule has 21 heavy (non-hydrogen) atoms. The van der Waals surface area contributed by atoms with Crippen molar-refractivity contribution in [1.29, 1.82) is 0 Å². The first kappa shape index (κ1) is 13.2. The van der Waals surface area contributed by atoms with Crippen LogP contribution in [0.3, 0.4) is 0 Å². The highest BCUT2D eigenvalue weighted by molar-refractivity contribution is 5.91. The lowest BCUT2D eigenvalue weighted by molar-refractivity contribution is 0.0660. The van der Waals surface area contributed by atoms with Gasteiger partial charge >= 0.3 is 5.97 Å². The lowest BCUT2D eigenvalue weighted by Gasteiger charge is -2.09. The Bertz CT molecular complexity index is 808. The van der Waals surface area contributed by atoms with E-state index in [0.717, 1.165) is 22.3 Å². The van der Waals surface area contributed by atoms with Gasteiger partial charge in [0.1, 0.15) is 5.76 Å². The quantitative estimate of drug-likeness (QED) is 0.766. The molecule has 3 rings (SSSR count). The number of furan rings is 1. The van der Waals surface area contributed by atoms with Crippen molar-refractivity contribution < 1.29 is 14.3 Å². The second kappa shape index (κ2) is 5.28. The molecule has 0 radical (unpaired) electrons. The van der Waals surface area contributed by atoms with Crippen molar-refractivity contribution in [2.24, 2.45) is 0 Å². The van der Waals surface area contributed by atoms with Crippen LogP contribution < -0.4 is 5.32 Å². The van der Waals surface area contributed by atoms with Crippen LogP contribution in [-0.4, -0.2) is 16.1 Å². The number of carbonyl (C=O) groups is 1. The van der Waals surface area contributed by atoms with E-state index in [1.54, 1.807) is 6.07 Å². The molecule has 5 heteroatoms. The van der Waals surface area contributed by atoms with Gasteiger partial charge in [-0.15, -0.1) is 0 Å². The Labute approximate surface area is 121 Å². The van der Waals surface area contributed by atoms with Crippen molar-refractivity contribution in [1.82, 2.24) is 4.98 Å². The van der Waals surface area contributed by atoms with E-state index in [9.17, 15) is 4.79 Å². The molecule has 2 aromatic heterocycles. The lowest BCUT2D eigenvalue weighted by Crippen LogP contribution is -2.00. The van der Waals surface area contributed by atoms with E-state index in [-0.39, 0.29) is 5.76 Å². The molecular formula is C16H14N2O3. The molecule has 0 aliphatic rings. The standard InChI is InChI=1S/C16H14N2O3/c1-10-8-14(12-4-2-3-5-13(12)18-10)17-9-11-6-7-15(21-11)16(19)20/h2-8H,9H2,1H3,(H,17,18)(H,19,20). The molecule has 0 atom stereocenters. The van der Waals surface area contributed by atoms with Gasteiger partial charge < -0.3 is 14.8 Å². The van der Waals surface area contributed by atoms with Crippen LogP contribution in [0, 0.1) is 6.92 Å². The summed E-state index contributed by atoms with van der Waals surface area (Å²) in [5.74, 6) is -0.542. The third-order valence-corrected chi connectivity index (χ3v) is 3.17. The highest BCUT2D eigenvalue weighted by Gasteiger charge is 2.09. The van der Waals surface area contributed by atoms with Crippen LogP contribution in [0.5, 0.6) is 0 Å². The molecule has 2 heterocycles. The minimum Gasteiger partial charge on any atom is -0.475 e. The number of nitrogens with zero attached hydrogens (tertiary/aromatic N) is 1. The summed E-state index contributed by atoms with van der Waals surface area (Å²) < 4.78 is 5.23. The first-order chi connectivity index (χ1) is 10.1. The minimum absolute atomic E-state index is 0.0532. The zero-order valence-corrected chi connectivity index (χ0v) is 11.5. The van der Waals surface area contributed by atoms with Crippen molar-refractivity contribution in [3.05, 3.63) is 59.7 Å². The topological polar surface area (TPSA) is 75.4 Å². The Morgan fingerprint density at radius 3 is 2.86 bits per heavy atom. The van der Waals surface area contributed by atoms with E-state index in [4.69, 9.17) is 9.52 Å². The van der Waals surface area contributed by atoms with Crippen molar-refractivity contribution in [3.63, 3.8) is 0 Å². The number of rotatable bonds is 4. The second-order valence-corrected chi connectivity index (χ2v) is 4.75. The molecule has 5 nitrogen and oxygen atoms in total. The number of carboxylic acids is 1. The third kappa shape index (κ3) is 2.72. The fourth-order valence-electron chi connectivity index (χ4n) is 2.22. The van der Waals surface area contributed by atoms with Crippen molar-refractivity contribution >= 4 is 22.6 Å². The zero-order valence-electron chi connectivity index (χ0n) is 11.5. The van der Waals surface area contributed by atoms with Gasteiger partial charge in [0.2, 0.25) is 5.76 Å². The number of hydrogen-bond acceptors (Lipinski definition) is 4. The average molecular weight is 282 g/mol. The predicted molar refractivity (Wildman–Crippen MR) is 79.5 cm³/mol. The number of carboxylic acid groups (broad SMARTS) is 1. The van der Waals surface area contributed by atoms with Crippen molar-refractivity contribution in [2.45, 2.75) is 13.5 Å². The van der Waals surface area contributed by atoms with Crippen LogP contribution in [0.2, 0.25) is 0 Å². The fraction of sp³-hybridized carbons (Fsp3) is 0.125. The van der Waals surface area contributed by atoms with Gasteiger partial charge in [-0.25, -0.2) is 4.79 Å². The number of hydrogen-bond donors (Lipinski definition) is 2. The molecule has 3 aromatic rings. The smallest absolute Gasteiger partial charge is 0.371 e. The van der Waals surface area contributed by atoms with Gasteiger partial charge in [0, 0.05) is 16.8 Å². The molecular weight excluding hydrogens is 268 g/mol. The van der Waals surface area contributed by atoms with Gasteiger partial charge in [-0.3, -0.25) is 4.98 Å². The van der Waals surface area contributed by atoms with Gasteiger partial charge in [-0.2, -0.15) is 0 Å². The molecule has 106 valence electrons. The number of benzene rings is 1. The van der Waals surface area contributed by atoms with Gasteiger partial charge in [-0.1, -0.05) is 18.2 Å². The van der Waals surface area contributed by atoms with Gasteiger partial charge in [0.15, 0.2) is 0 Å². The number of aromatic nitrogens is 1. The average Bonchev–Trinajstić information content (AvgIpc) is 2.93. The Kier molecular flexibility index (Phi) is 3.31. The van der Waals surface area contributed by atoms with Crippen molar-refractivity contribution in [2.75, 3.05) is 5.32 Å². The number of fused-ring (bicyclic) bond motifs is 1. The first-order valence-corrected chi connectivity index (χ1v) is 6.56. The molecule has 0 saturated carbocycles. The summed E-state index contributed by atoms with van der Waals surface area (Å²) in [4.78, 5) is 15.3. The molecule has 2 N–H and O–H groups in total. The summed E-state index contributed by atoms with van der Waals surface area (Å²) in [7, 11) is 0. The lowest BCUT2D eigenvalue weighted by atomic mass is 10.1. The molecule has 0 saturated heterocycles. The highest BCUT2D eigenvalue weighted by Crippen LogP contribution is 2.23. The number of nitrogens with one attached hydrogen (secondary N) is 1. The van der Waals surface area contributed by atoms with Crippen LogP contribution in [0.15, 0.2) is 46.9 Å². The van der Waals surface area contributed by atoms with E-state index in [1.807, 2.05) is 37.3 Å². The van der Waals surface area contributed by atoms with E-state index < -0.39 is 5.97 Å². The summed E-state index contributed by atoms with van der Waals surface area (Å²) in [5, 5.41) is 13.1. The maximum atomic E-state index is 10.8. The van der Waals surface area contributed by atoms with Gasteiger partial charge in [0.05, 0.1) is 12.1 Å². The summed E-state index contributed by atoms with van der Waals surface area (Å²) in [6, 6.07) is 12.9. The molecule has 1 aromatic carbocycles. The van der Waals surface area contributed by atoms with Crippen LogP contribution in [0.1, 0.15) is 22.0 Å². The van der Waals surface area contributed by atoms with Crippen LogP contribution >= 0.6 is 0 Å². The Hall–Kier alpha value is -2.82. The van der Waals surface area contributed by atoms with Gasteiger partial charge in [-0.05, 0) is 31.2 Å². The number of aryl methyl sites for hydroxylation is 1. The van der Waals surface area contributed by atoms with Crippen LogP contribution in [-0.2, 0) is 6.54 Å². The number of pyridine rings is 1. The Morgan fingerprint density at radius 2 is 2.10 bits per heavy atom. The van der Waals surface area contributed by atoms with Crippen molar-refractivity contribution in [3.8, 4) is 0 Å². The summed E-state index contributed by atoms with van der Waals surface area (Å²) in [5.41, 5.74) is 2.79. The Balaban J connectivity index is 1.86. The maximum absolute atomic E-state index is 10.8. The number of para-hydroxylation sites is 1. The molecule has 0 unspecified atom stereocenters. The Morgan fingerprint density at radius 1 is 1.29 bits per heavy atom. The van der Waals surface area contributed by atoms with Crippen LogP contribution in [0.4, 0.5) is 5.69 Å². The molecule has 0 spiro atoms. The van der Waals surface area contributed by atoms with E-state index >= 15 is 0 Å². The van der Waals surface area contributed by atoms with E-state index in [1.165, 1.54) is 6.07 Å². The summed E-state index contributed by atoms with van der Waals surface area (Å²) >= 11 is 0.